The quantitative estimate of drug-likeness (QED) is 0.642. The number of urea groups is 1. The highest BCUT2D eigenvalue weighted by atomic mass is 16.2. The molecule has 6 heteroatoms. The predicted octanol–water partition coefficient (Wildman–Crippen LogP) is 2.86. The van der Waals surface area contributed by atoms with Crippen LogP contribution in [0.1, 0.15) is 19.4 Å². The maximum atomic E-state index is 12.9. The Morgan fingerprint density at radius 3 is 2.50 bits per heavy atom. The summed E-state index contributed by atoms with van der Waals surface area (Å²) in [5.74, 6) is -0.278. The Balaban J connectivity index is 1.97. The maximum absolute atomic E-state index is 12.9. The molecule has 0 radical (unpaired) electrons. The van der Waals surface area contributed by atoms with Crippen molar-refractivity contribution in [2.45, 2.75) is 26.3 Å². The van der Waals surface area contributed by atoms with Gasteiger partial charge in [0.1, 0.15) is 6.04 Å². The van der Waals surface area contributed by atoms with Gasteiger partial charge >= 0.3 is 6.03 Å². The van der Waals surface area contributed by atoms with Crippen LogP contribution in [0, 0.1) is 0 Å². The second-order valence-corrected chi connectivity index (χ2v) is 5.76. The van der Waals surface area contributed by atoms with Gasteiger partial charge in [-0.3, -0.25) is 9.78 Å². The molecule has 1 atom stereocenters. The molecule has 3 amide bonds. The van der Waals surface area contributed by atoms with Crippen LogP contribution in [-0.2, 0) is 11.2 Å². The van der Waals surface area contributed by atoms with Crippen LogP contribution in [0.15, 0.2) is 60.0 Å². The van der Waals surface area contributed by atoms with Crippen LogP contribution in [0.2, 0.25) is 0 Å². The molecule has 0 aliphatic carbocycles. The monoisotopic (exact) mass is 322 g/mol. The van der Waals surface area contributed by atoms with Crippen molar-refractivity contribution < 1.29 is 9.59 Å². The summed E-state index contributed by atoms with van der Waals surface area (Å²) in [5.41, 5.74) is 2.14. The molecule has 1 fully saturated rings. The Morgan fingerprint density at radius 2 is 1.88 bits per heavy atom. The van der Waals surface area contributed by atoms with E-state index < -0.39 is 12.1 Å². The number of anilines is 1. The Bertz CT molecular complexity index is 770. The van der Waals surface area contributed by atoms with Gasteiger partial charge in [0.25, 0.3) is 5.91 Å². The number of carbonyl (C=O) groups is 2. The molecular weight excluding hydrogens is 304 g/mol. The van der Waals surface area contributed by atoms with E-state index in [0.29, 0.717) is 17.8 Å². The summed E-state index contributed by atoms with van der Waals surface area (Å²) >= 11 is 0. The lowest BCUT2D eigenvalue weighted by Gasteiger charge is -2.16. The summed E-state index contributed by atoms with van der Waals surface area (Å²) in [4.78, 5) is 30.9. The van der Waals surface area contributed by atoms with E-state index in [4.69, 9.17) is 0 Å². The van der Waals surface area contributed by atoms with Gasteiger partial charge in [0.15, 0.2) is 0 Å². The van der Waals surface area contributed by atoms with E-state index in [1.165, 1.54) is 9.91 Å². The number of pyridine rings is 1. The molecule has 2 aromatic rings. The summed E-state index contributed by atoms with van der Waals surface area (Å²) in [6.45, 7) is 3.59. The molecule has 0 spiro atoms. The fourth-order valence-electron chi connectivity index (χ4n) is 2.64. The van der Waals surface area contributed by atoms with Gasteiger partial charge < -0.3 is 0 Å². The average Bonchev–Trinajstić information content (AvgIpc) is 2.80. The number of imide groups is 1. The second kappa shape index (κ2) is 6.62. The van der Waals surface area contributed by atoms with Crippen LogP contribution < -0.4 is 4.90 Å². The number of rotatable bonds is 4. The van der Waals surface area contributed by atoms with Crippen LogP contribution in [0.4, 0.5) is 10.5 Å². The van der Waals surface area contributed by atoms with Gasteiger partial charge in [-0.15, -0.1) is 0 Å². The third-order valence-electron chi connectivity index (χ3n) is 3.66. The number of hydrazone groups is 1. The first-order valence-corrected chi connectivity index (χ1v) is 7.71. The molecule has 2 heterocycles. The molecule has 1 unspecified atom stereocenters. The fraction of sp³-hybridized carbons (Fsp3) is 0.222. The van der Waals surface area contributed by atoms with Crippen molar-refractivity contribution in [2.24, 2.45) is 5.10 Å². The SMILES string of the molecule is CC(C)=NN1C(=O)N(c2ccccc2)C(=O)C1Cc1cccnc1. The van der Waals surface area contributed by atoms with Crippen LogP contribution in [0.25, 0.3) is 0 Å². The Kier molecular flexibility index (Phi) is 4.37. The van der Waals surface area contributed by atoms with E-state index in [9.17, 15) is 9.59 Å². The van der Waals surface area contributed by atoms with Gasteiger partial charge in [0, 0.05) is 24.5 Å². The normalized spacial score (nSPS) is 17.3. The van der Waals surface area contributed by atoms with Gasteiger partial charge in [-0.1, -0.05) is 24.3 Å². The van der Waals surface area contributed by atoms with Crippen molar-refractivity contribution in [3.63, 3.8) is 0 Å². The third-order valence-corrected chi connectivity index (χ3v) is 3.66. The van der Waals surface area contributed by atoms with Gasteiger partial charge in [-0.05, 0) is 37.6 Å². The molecule has 0 saturated carbocycles. The minimum Gasteiger partial charge on any atom is -0.271 e. The number of para-hydroxylation sites is 1. The molecule has 1 aromatic heterocycles. The first-order chi connectivity index (χ1) is 11.6. The van der Waals surface area contributed by atoms with E-state index in [2.05, 4.69) is 10.1 Å². The topological polar surface area (TPSA) is 65.9 Å². The smallest absolute Gasteiger partial charge is 0.271 e. The summed E-state index contributed by atoms with van der Waals surface area (Å²) < 4.78 is 0. The standard InChI is InChI=1S/C18H18N4O2/c1-13(2)20-22-16(11-14-7-6-10-19-12-14)17(23)21(18(22)24)15-8-4-3-5-9-15/h3-10,12,16H,11H2,1-2H3. The summed E-state index contributed by atoms with van der Waals surface area (Å²) in [6.07, 6.45) is 3.75. The third kappa shape index (κ3) is 3.03. The van der Waals surface area contributed by atoms with Gasteiger partial charge in [-0.25, -0.2) is 14.7 Å². The lowest BCUT2D eigenvalue weighted by atomic mass is 10.1. The highest BCUT2D eigenvalue weighted by molar-refractivity contribution is 6.21. The van der Waals surface area contributed by atoms with Gasteiger partial charge in [-0.2, -0.15) is 5.10 Å². The first-order valence-electron chi connectivity index (χ1n) is 7.71. The molecular formula is C18H18N4O2. The molecule has 3 rings (SSSR count). The van der Waals surface area contributed by atoms with Crippen molar-refractivity contribution in [1.29, 1.82) is 0 Å². The minimum atomic E-state index is -0.670. The summed E-state index contributed by atoms with van der Waals surface area (Å²) in [6, 6.07) is 11.5. The first kappa shape index (κ1) is 15.9. The van der Waals surface area contributed by atoms with Crippen molar-refractivity contribution in [1.82, 2.24) is 9.99 Å². The molecule has 0 bridgehead atoms. The fourth-order valence-corrected chi connectivity index (χ4v) is 2.64. The van der Waals surface area contributed by atoms with Gasteiger partial charge in [0.05, 0.1) is 5.69 Å². The van der Waals surface area contributed by atoms with E-state index in [1.54, 1.807) is 50.5 Å². The largest absolute Gasteiger partial charge is 0.352 e. The molecule has 6 nitrogen and oxygen atoms in total. The van der Waals surface area contributed by atoms with Crippen LogP contribution >= 0.6 is 0 Å². The highest BCUT2D eigenvalue weighted by Gasteiger charge is 2.46. The minimum absolute atomic E-state index is 0.278. The van der Waals surface area contributed by atoms with E-state index in [0.717, 1.165) is 5.56 Å². The Labute approximate surface area is 140 Å². The zero-order valence-electron chi connectivity index (χ0n) is 13.6. The molecule has 1 aromatic carbocycles. The molecule has 24 heavy (non-hydrogen) atoms. The van der Waals surface area contributed by atoms with Crippen molar-refractivity contribution in [2.75, 3.05) is 4.90 Å². The molecule has 1 aliphatic rings. The number of nitrogens with zero attached hydrogens (tertiary/aromatic N) is 4. The Hall–Kier alpha value is -3.02. The zero-order chi connectivity index (χ0) is 17.1. The maximum Gasteiger partial charge on any atom is 0.352 e. The van der Waals surface area contributed by atoms with Crippen molar-refractivity contribution in [3.8, 4) is 0 Å². The van der Waals surface area contributed by atoms with Crippen LogP contribution in [0.3, 0.4) is 0 Å². The average molecular weight is 322 g/mol. The molecule has 1 aliphatic heterocycles. The summed E-state index contributed by atoms with van der Waals surface area (Å²) in [7, 11) is 0. The number of hydrogen-bond donors (Lipinski definition) is 0. The predicted molar refractivity (Wildman–Crippen MR) is 91.7 cm³/mol. The lowest BCUT2D eigenvalue weighted by molar-refractivity contribution is -0.119. The number of amides is 3. The zero-order valence-corrected chi connectivity index (χ0v) is 13.6. The number of aromatic nitrogens is 1. The second-order valence-electron chi connectivity index (χ2n) is 5.76. The molecule has 0 N–H and O–H groups in total. The van der Waals surface area contributed by atoms with Crippen molar-refractivity contribution in [3.05, 3.63) is 60.4 Å². The lowest BCUT2D eigenvalue weighted by Crippen LogP contribution is -2.33. The van der Waals surface area contributed by atoms with E-state index in [1.807, 2.05) is 18.2 Å². The van der Waals surface area contributed by atoms with Crippen LogP contribution in [-0.4, -0.2) is 33.7 Å². The number of benzene rings is 1. The van der Waals surface area contributed by atoms with Gasteiger partial charge in [0.2, 0.25) is 0 Å². The number of carbonyl (C=O) groups excluding carboxylic acids is 2. The Morgan fingerprint density at radius 1 is 1.12 bits per heavy atom. The van der Waals surface area contributed by atoms with E-state index in [-0.39, 0.29) is 5.91 Å². The van der Waals surface area contributed by atoms with Crippen LogP contribution in [0.5, 0.6) is 0 Å². The van der Waals surface area contributed by atoms with Crippen molar-refractivity contribution >= 4 is 23.3 Å². The van der Waals surface area contributed by atoms with E-state index >= 15 is 0 Å². The molecule has 1 saturated heterocycles. The highest BCUT2D eigenvalue weighted by Crippen LogP contribution is 2.27. The number of hydrogen-bond acceptors (Lipinski definition) is 4. The summed E-state index contributed by atoms with van der Waals surface area (Å²) in [5, 5.41) is 5.55. The molecule has 122 valence electrons.